The van der Waals surface area contributed by atoms with Gasteiger partial charge in [-0.1, -0.05) is 25.3 Å². The molecule has 1 aliphatic rings. The Hall–Kier alpha value is -1.36. The molecular weight excluding hydrogens is 332 g/mol. The van der Waals surface area contributed by atoms with Gasteiger partial charge in [-0.15, -0.1) is 0 Å². The predicted molar refractivity (Wildman–Crippen MR) is 87.1 cm³/mol. The molecule has 1 aliphatic carbocycles. The van der Waals surface area contributed by atoms with E-state index in [9.17, 15) is 9.59 Å². The maximum absolute atomic E-state index is 11.9. The summed E-state index contributed by atoms with van der Waals surface area (Å²) in [5.74, 6) is -0.476. The summed E-state index contributed by atoms with van der Waals surface area (Å²) >= 11 is 3.41. The van der Waals surface area contributed by atoms with E-state index >= 15 is 0 Å². The summed E-state index contributed by atoms with van der Waals surface area (Å²) < 4.78 is 0.823. The fraction of sp³-hybridized carbons (Fsp3) is 0.500. The summed E-state index contributed by atoms with van der Waals surface area (Å²) in [4.78, 5) is 23.8. The Balaban J connectivity index is 1.81. The predicted octanol–water partition coefficient (Wildman–Crippen LogP) is 3.54. The van der Waals surface area contributed by atoms with Gasteiger partial charge in [-0.3, -0.25) is 9.59 Å². The Morgan fingerprint density at radius 2 is 1.90 bits per heavy atom. The van der Waals surface area contributed by atoms with Crippen molar-refractivity contribution in [2.75, 3.05) is 5.32 Å². The number of aryl methyl sites for hydroxylation is 1. The lowest BCUT2D eigenvalue weighted by Crippen LogP contribution is -2.37. The molecule has 0 bridgehead atoms. The van der Waals surface area contributed by atoms with Gasteiger partial charge in [-0.05, 0) is 53.4 Å². The average molecular weight is 353 g/mol. The normalized spacial score (nSPS) is 15.5. The molecule has 5 heteroatoms. The van der Waals surface area contributed by atoms with Crippen molar-refractivity contribution in [2.45, 2.75) is 51.5 Å². The van der Waals surface area contributed by atoms with Crippen molar-refractivity contribution in [3.63, 3.8) is 0 Å². The number of halogens is 1. The van der Waals surface area contributed by atoms with Crippen LogP contribution in [0, 0.1) is 6.92 Å². The van der Waals surface area contributed by atoms with Crippen LogP contribution in [0.3, 0.4) is 0 Å². The van der Waals surface area contributed by atoms with E-state index in [-0.39, 0.29) is 24.3 Å². The SMILES string of the molecule is Cc1ccc(NC(=O)CC(=O)NC2CCCCC2)c(Br)c1. The zero-order valence-electron chi connectivity index (χ0n) is 12.2. The summed E-state index contributed by atoms with van der Waals surface area (Å²) in [5.41, 5.74) is 1.80. The second-order valence-corrected chi connectivity index (χ2v) is 6.47. The van der Waals surface area contributed by atoms with Crippen molar-refractivity contribution in [3.8, 4) is 0 Å². The van der Waals surface area contributed by atoms with Crippen molar-refractivity contribution >= 4 is 33.4 Å². The van der Waals surface area contributed by atoms with Crippen LogP contribution in [0.25, 0.3) is 0 Å². The van der Waals surface area contributed by atoms with Crippen LogP contribution in [-0.4, -0.2) is 17.9 Å². The fourth-order valence-corrected chi connectivity index (χ4v) is 3.18. The standard InChI is InChI=1S/C16H21BrN2O2/c1-11-7-8-14(13(17)9-11)19-16(21)10-15(20)18-12-5-3-2-4-6-12/h7-9,12H,2-6,10H2,1H3,(H,18,20)(H,19,21). The van der Waals surface area contributed by atoms with Gasteiger partial charge in [0.2, 0.25) is 11.8 Å². The van der Waals surface area contributed by atoms with Crippen molar-refractivity contribution in [1.29, 1.82) is 0 Å². The molecule has 1 saturated carbocycles. The first-order chi connectivity index (χ1) is 10.0. The van der Waals surface area contributed by atoms with Crippen LogP contribution in [0.15, 0.2) is 22.7 Å². The minimum Gasteiger partial charge on any atom is -0.353 e. The summed E-state index contributed by atoms with van der Waals surface area (Å²) in [7, 11) is 0. The zero-order chi connectivity index (χ0) is 15.2. The van der Waals surface area contributed by atoms with Crippen LogP contribution in [0.2, 0.25) is 0 Å². The second kappa shape index (κ2) is 7.59. The monoisotopic (exact) mass is 352 g/mol. The molecule has 0 spiro atoms. The number of rotatable bonds is 4. The third-order valence-electron chi connectivity index (χ3n) is 3.69. The molecule has 21 heavy (non-hydrogen) atoms. The minimum atomic E-state index is -0.284. The van der Waals surface area contributed by atoms with E-state index in [2.05, 4.69) is 26.6 Å². The van der Waals surface area contributed by atoms with Crippen molar-refractivity contribution in [2.24, 2.45) is 0 Å². The van der Waals surface area contributed by atoms with Crippen molar-refractivity contribution in [3.05, 3.63) is 28.2 Å². The van der Waals surface area contributed by atoms with Crippen LogP contribution in [0.4, 0.5) is 5.69 Å². The number of anilines is 1. The lowest BCUT2D eigenvalue weighted by atomic mass is 9.95. The largest absolute Gasteiger partial charge is 0.353 e. The van der Waals surface area contributed by atoms with Gasteiger partial charge in [0.25, 0.3) is 0 Å². The van der Waals surface area contributed by atoms with Gasteiger partial charge in [-0.2, -0.15) is 0 Å². The number of hydrogen-bond acceptors (Lipinski definition) is 2. The van der Waals surface area contributed by atoms with Crippen LogP contribution in [-0.2, 0) is 9.59 Å². The Bertz CT molecular complexity index is 525. The first-order valence-corrected chi connectivity index (χ1v) is 8.19. The molecule has 4 nitrogen and oxygen atoms in total. The van der Waals surface area contributed by atoms with Crippen LogP contribution in [0.5, 0.6) is 0 Å². The topological polar surface area (TPSA) is 58.2 Å². The van der Waals surface area contributed by atoms with E-state index in [1.165, 1.54) is 6.42 Å². The number of amides is 2. The fourth-order valence-electron chi connectivity index (χ4n) is 2.59. The third-order valence-corrected chi connectivity index (χ3v) is 4.35. The van der Waals surface area contributed by atoms with E-state index in [0.29, 0.717) is 5.69 Å². The Kier molecular flexibility index (Phi) is 5.79. The Labute approximate surface area is 133 Å². The highest BCUT2D eigenvalue weighted by Gasteiger charge is 2.17. The average Bonchev–Trinajstić information content (AvgIpc) is 2.43. The van der Waals surface area contributed by atoms with E-state index in [1.807, 2.05) is 25.1 Å². The molecule has 2 rings (SSSR count). The molecule has 0 atom stereocenters. The Morgan fingerprint density at radius 1 is 1.19 bits per heavy atom. The van der Waals surface area contributed by atoms with Gasteiger partial charge in [0.15, 0.2) is 0 Å². The van der Waals surface area contributed by atoms with Crippen LogP contribution < -0.4 is 10.6 Å². The van der Waals surface area contributed by atoms with Gasteiger partial charge in [-0.25, -0.2) is 0 Å². The first kappa shape index (κ1) is 16.0. The molecule has 0 aliphatic heterocycles. The molecular formula is C16H21BrN2O2. The van der Waals surface area contributed by atoms with Crippen molar-refractivity contribution < 1.29 is 9.59 Å². The highest BCUT2D eigenvalue weighted by molar-refractivity contribution is 9.10. The molecule has 1 aromatic carbocycles. The molecule has 114 valence electrons. The molecule has 0 aromatic heterocycles. The first-order valence-electron chi connectivity index (χ1n) is 7.40. The van der Waals surface area contributed by atoms with Crippen LogP contribution >= 0.6 is 15.9 Å². The maximum atomic E-state index is 11.9. The molecule has 1 fully saturated rings. The molecule has 2 N–H and O–H groups in total. The van der Waals surface area contributed by atoms with E-state index in [0.717, 1.165) is 35.7 Å². The number of carbonyl (C=O) groups is 2. The Morgan fingerprint density at radius 3 is 2.57 bits per heavy atom. The number of nitrogens with one attached hydrogen (secondary N) is 2. The maximum Gasteiger partial charge on any atom is 0.233 e. The summed E-state index contributed by atoms with van der Waals surface area (Å²) in [5, 5.41) is 5.71. The van der Waals surface area contributed by atoms with E-state index in [1.54, 1.807) is 0 Å². The highest BCUT2D eigenvalue weighted by Crippen LogP contribution is 2.23. The van der Waals surface area contributed by atoms with Crippen LogP contribution in [0.1, 0.15) is 44.1 Å². The van der Waals surface area contributed by atoms with Gasteiger partial charge in [0.1, 0.15) is 6.42 Å². The lowest BCUT2D eigenvalue weighted by Gasteiger charge is -2.22. The molecule has 0 radical (unpaired) electrons. The molecule has 2 amide bonds. The van der Waals surface area contributed by atoms with Gasteiger partial charge < -0.3 is 10.6 Å². The minimum absolute atomic E-state index is 0.128. The quantitative estimate of drug-likeness (QED) is 0.814. The molecule has 0 heterocycles. The number of carbonyl (C=O) groups excluding carboxylic acids is 2. The number of benzene rings is 1. The third kappa shape index (κ3) is 5.16. The van der Waals surface area contributed by atoms with E-state index in [4.69, 9.17) is 0 Å². The zero-order valence-corrected chi connectivity index (χ0v) is 13.8. The van der Waals surface area contributed by atoms with Gasteiger partial charge in [0, 0.05) is 10.5 Å². The second-order valence-electron chi connectivity index (χ2n) is 5.61. The summed E-state index contributed by atoms with van der Waals surface area (Å²) in [6.45, 7) is 1.98. The van der Waals surface area contributed by atoms with Gasteiger partial charge >= 0.3 is 0 Å². The molecule has 1 aromatic rings. The molecule has 0 saturated heterocycles. The lowest BCUT2D eigenvalue weighted by molar-refractivity contribution is -0.127. The number of hydrogen-bond donors (Lipinski definition) is 2. The summed E-state index contributed by atoms with van der Waals surface area (Å²) in [6.07, 6.45) is 5.49. The summed E-state index contributed by atoms with van der Waals surface area (Å²) in [6, 6.07) is 5.92. The van der Waals surface area contributed by atoms with Gasteiger partial charge in [0.05, 0.1) is 5.69 Å². The highest BCUT2D eigenvalue weighted by atomic mass is 79.9. The smallest absolute Gasteiger partial charge is 0.233 e. The van der Waals surface area contributed by atoms with E-state index < -0.39 is 0 Å². The van der Waals surface area contributed by atoms with Crippen molar-refractivity contribution in [1.82, 2.24) is 5.32 Å². The molecule has 0 unspecified atom stereocenters.